The lowest BCUT2D eigenvalue weighted by molar-refractivity contribution is 0.104. The van der Waals surface area contributed by atoms with E-state index in [1.807, 2.05) is 11.4 Å². The van der Waals surface area contributed by atoms with Gasteiger partial charge in [-0.05, 0) is 17.5 Å². The van der Waals surface area contributed by atoms with Crippen LogP contribution in [0.3, 0.4) is 0 Å². The molecule has 13 heavy (non-hydrogen) atoms. The summed E-state index contributed by atoms with van der Waals surface area (Å²) in [5.74, 6) is 0.124. The van der Waals surface area contributed by atoms with Crippen molar-refractivity contribution >= 4 is 33.5 Å². The Kier molecular flexibility index (Phi) is 1.24. The van der Waals surface area contributed by atoms with E-state index in [1.165, 1.54) is 11.3 Å². The van der Waals surface area contributed by atoms with Crippen molar-refractivity contribution in [2.24, 2.45) is 0 Å². The molecule has 0 amide bonds. The highest BCUT2D eigenvalue weighted by Crippen LogP contribution is 2.45. The van der Waals surface area contributed by atoms with Gasteiger partial charge >= 0.3 is 0 Å². The van der Waals surface area contributed by atoms with Crippen molar-refractivity contribution in [3.05, 3.63) is 28.6 Å². The summed E-state index contributed by atoms with van der Waals surface area (Å²) in [4.78, 5) is 13.9. The zero-order chi connectivity index (χ0) is 9.00. The molecular weight excluding hydrogens is 202 g/mol. The van der Waals surface area contributed by atoms with Gasteiger partial charge in [0.15, 0.2) is 5.78 Å². The maximum atomic E-state index is 11.7. The Morgan fingerprint density at radius 3 is 2.92 bits per heavy atom. The molecule has 64 valence electrons. The summed E-state index contributed by atoms with van der Waals surface area (Å²) in [5, 5.41) is 2.67. The van der Waals surface area contributed by atoms with Crippen LogP contribution in [0, 0.1) is 0 Å². The molecule has 0 aliphatic heterocycles. The van der Waals surface area contributed by atoms with Gasteiger partial charge in [-0.15, -0.1) is 22.7 Å². The lowest BCUT2D eigenvalue weighted by Crippen LogP contribution is -1.92. The SMILES string of the molecule is Nc1cc2c(s1)-c1sccc1C2=O. The normalized spacial score (nSPS) is 13.1. The molecule has 2 aromatic heterocycles. The second-order valence-corrected chi connectivity index (χ2v) is 4.88. The molecule has 1 aliphatic rings. The number of carbonyl (C=O) groups excluding carboxylic acids is 1. The third-order valence-corrected chi connectivity index (χ3v) is 4.15. The highest BCUT2D eigenvalue weighted by Gasteiger charge is 2.29. The number of carbonyl (C=O) groups is 1. The molecule has 2 N–H and O–H groups in total. The minimum Gasteiger partial charge on any atom is -0.391 e. The van der Waals surface area contributed by atoms with Crippen molar-refractivity contribution < 1.29 is 4.79 Å². The summed E-state index contributed by atoms with van der Waals surface area (Å²) in [6.45, 7) is 0. The van der Waals surface area contributed by atoms with Gasteiger partial charge < -0.3 is 5.73 Å². The Morgan fingerprint density at radius 2 is 2.08 bits per heavy atom. The Morgan fingerprint density at radius 1 is 1.23 bits per heavy atom. The Labute approximate surface area is 82.6 Å². The van der Waals surface area contributed by atoms with Gasteiger partial charge in [-0.2, -0.15) is 0 Å². The Hall–Kier alpha value is -1.13. The van der Waals surface area contributed by atoms with E-state index < -0.39 is 0 Å². The number of thiophene rings is 2. The lowest BCUT2D eigenvalue weighted by atomic mass is 10.2. The van der Waals surface area contributed by atoms with E-state index in [2.05, 4.69) is 0 Å². The van der Waals surface area contributed by atoms with Crippen LogP contribution in [-0.2, 0) is 0 Å². The first kappa shape index (κ1) is 7.29. The van der Waals surface area contributed by atoms with Crippen molar-refractivity contribution in [1.29, 1.82) is 0 Å². The van der Waals surface area contributed by atoms with Gasteiger partial charge in [-0.1, -0.05) is 0 Å². The fourth-order valence-corrected chi connectivity index (χ4v) is 3.55. The molecule has 0 spiro atoms. The molecular formula is C9H5NOS2. The zero-order valence-corrected chi connectivity index (χ0v) is 8.17. The minimum absolute atomic E-state index is 0.124. The van der Waals surface area contributed by atoms with E-state index in [-0.39, 0.29) is 5.78 Å². The van der Waals surface area contributed by atoms with Crippen molar-refractivity contribution in [3.8, 4) is 9.75 Å². The van der Waals surface area contributed by atoms with Crippen LogP contribution in [0.25, 0.3) is 9.75 Å². The van der Waals surface area contributed by atoms with Crippen LogP contribution in [0.1, 0.15) is 15.9 Å². The van der Waals surface area contributed by atoms with Crippen LogP contribution in [0.5, 0.6) is 0 Å². The van der Waals surface area contributed by atoms with E-state index in [1.54, 1.807) is 17.4 Å². The average Bonchev–Trinajstić information content (AvgIpc) is 2.70. The molecule has 0 fully saturated rings. The predicted octanol–water partition coefficient (Wildman–Crippen LogP) is 2.60. The number of hydrogen-bond donors (Lipinski definition) is 1. The van der Waals surface area contributed by atoms with E-state index in [0.717, 1.165) is 25.9 Å². The molecule has 0 unspecified atom stereocenters. The van der Waals surface area contributed by atoms with Crippen LogP contribution in [0.15, 0.2) is 17.5 Å². The first-order valence-corrected chi connectivity index (χ1v) is 5.49. The van der Waals surface area contributed by atoms with Gasteiger partial charge in [0.1, 0.15) is 0 Å². The number of fused-ring (bicyclic) bond motifs is 3. The molecule has 3 rings (SSSR count). The average molecular weight is 207 g/mol. The third kappa shape index (κ3) is 0.792. The van der Waals surface area contributed by atoms with Gasteiger partial charge in [-0.3, -0.25) is 4.79 Å². The first-order valence-electron chi connectivity index (χ1n) is 3.79. The van der Waals surface area contributed by atoms with Gasteiger partial charge in [-0.25, -0.2) is 0 Å². The second-order valence-electron chi connectivity index (χ2n) is 2.88. The largest absolute Gasteiger partial charge is 0.391 e. The van der Waals surface area contributed by atoms with Crippen molar-refractivity contribution in [2.45, 2.75) is 0 Å². The van der Waals surface area contributed by atoms with Gasteiger partial charge in [0.2, 0.25) is 0 Å². The van der Waals surface area contributed by atoms with Crippen LogP contribution in [-0.4, -0.2) is 5.78 Å². The van der Waals surface area contributed by atoms with Crippen LogP contribution >= 0.6 is 22.7 Å². The Bertz CT molecular complexity index is 509. The van der Waals surface area contributed by atoms with Crippen molar-refractivity contribution in [1.82, 2.24) is 0 Å². The van der Waals surface area contributed by atoms with E-state index in [4.69, 9.17) is 5.73 Å². The van der Waals surface area contributed by atoms with Gasteiger partial charge in [0, 0.05) is 11.1 Å². The third-order valence-electron chi connectivity index (χ3n) is 2.11. The zero-order valence-electron chi connectivity index (χ0n) is 6.53. The first-order chi connectivity index (χ1) is 6.27. The monoisotopic (exact) mass is 207 g/mol. The number of nitrogens with two attached hydrogens (primary N) is 1. The lowest BCUT2D eigenvalue weighted by Gasteiger charge is -1.86. The Balaban J connectivity index is 2.41. The molecule has 0 saturated carbocycles. The van der Waals surface area contributed by atoms with Crippen LogP contribution in [0.2, 0.25) is 0 Å². The molecule has 0 radical (unpaired) electrons. The molecule has 0 bridgehead atoms. The van der Waals surface area contributed by atoms with Crippen LogP contribution < -0.4 is 5.73 Å². The maximum absolute atomic E-state index is 11.7. The molecule has 0 atom stereocenters. The van der Waals surface area contributed by atoms with Crippen LogP contribution in [0.4, 0.5) is 5.00 Å². The van der Waals surface area contributed by atoms with E-state index in [9.17, 15) is 4.79 Å². The fourth-order valence-electron chi connectivity index (χ4n) is 1.56. The molecule has 2 nitrogen and oxygen atoms in total. The van der Waals surface area contributed by atoms with E-state index >= 15 is 0 Å². The predicted molar refractivity (Wildman–Crippen MR) is 55.5 cm³/mol. The molecule has 1 aliphatic carbocycles. The topological polar surface area (TPSA) is 43.1 Å². The molecule has 0 aromatic carbocycles. The summed E-state index contributed by atoms with van der Waals surface area (Å²) in [7, 11) is 0. The van der Waals surface area contributed by atoms with E-state index in [0.29, 0.717) is 0 Å². The molecule has 2 heterocycles. The quantitative estimate of drug-likeness (QED) is 0.615. The summed E-state index contributed by atoms with van der Waals surface area (Å²) in [6, 6.07) is 3.65. The minimum atomic E-state index is 0.124. The van der Waals surface area contributed by atoms with Gasteiger partial charge in [0.25, 0.3) is 0 Å². The number of rotatable bonds is 0. The second kappa shape index (κ2) is 2.21. The summed E-state index contributed by atoms with van der Waals surface area (Å²) < 4.78 is 0. The molecule has 0 saturated heterocycles. The molecule has 2 aromatic rings. The summed E-state index contributed by atoms with van der Waals surface area (Å²) in [6.07, 6.45) is 0. The van der Waals surface area contributed by atoms with Crippen molar-refractivity contribution in [2.75, 3.05) is 5.73 Å². The smallest absolute Gasteiger partial charge is 0.196 e. The fraction of sp³-hybridized carbons (Fsp3) is 0. The summed E-state index contributed by atoms with van der Waals surface area (Å²) >= 11 is 3.10. The highest BCUT2D eigenvalue weighted by atomic mass is 32.1. The van der Waals surface area contributed by atoms with Crippen molar-refractivity contribution in [3.63, 3.8) is 0 Å². The standard InChI is InChI=1S/C9H5NOS2/c10-6-3-5-7(11)4-1-2-12-8(4)9(5)13-6/h1-3H,10H2. The number of anilines is 1. The maximum Gasteiger partial charge on any atom is 0.196 e. The number of hydrogen-bond acceptors (Lipinski definition) is 4. The molecule has 4 heteroatoms. The number of nitrogen functional groups attached to an aromatic ring is 1. The van der Waals surface area contributed by atoms with Gasteiger partial charge in [0.05, 0.1) is 14.8 Å². The highest BCUT2D eigenvalue weighted by molar-refractivity contribution is 7.24. The summed E-state index contributed by atoms with van der Waals surface area (Å²) in [5.41, 5.74) is 7.27. The number of ketones is 1.